The van der Waals surface area contributed by atoms with E-state index in [0.717, 1.165) is 0 Å². The Balaban J connectivity index is 2.95. The molecular formula is C7H8N2OS. The fourth-order valence-electron chi connectivity index (χ4n) is 0.759. The monoisotopic (exact) mass is 168 g/mol. The van der Waals surface area contributed by atoms with E-state index in [2.05, 4.69) is 12.2 Å². The van der Waals surface area contributed by atoms with E-state index in [1.165, 1.54) is 10.6 Å². The number of hydrogen-bond acceptors (Lipinski definition) is 2. The second-order valence-electron chi connectivity index (χ2n) is 2.13. The summed E-state index contributed by atoms with van der Waals surface area (Å²) in [6.45, 7) is 0.314. The summed E-state index contributed by atoms with van der Waals surface area (Å²) in [5.41, 5.74) is 5.18. The number of nitrogens with two attached hydrogens (primary N) is 1. The molecule has 0 bridgehead atoms. The smallest absolute Gasteiger partial charge is 0.250 e. The van der Waals surface area contributed by atoms with Crippen LogP contribution in [-0.2, 0) is 6.54 Å². The Kier molecular flexibility index (Phi) is 2.38. The molecule has 0 saturated carbocycles. The Bertz CT molecular complexity index is 318. The van der Waals surface area contributed by atoms with Gasteiger partial charge >= 0.3 is 0 Å². The van der Waals surface area contributed by atoms with Crippen LogP contribution in [0.1, 0.15) is 0 Å². The molecule has 1 aromatic heterocycles. The number of aromatic nitrogens is 1. The molecular weight excluding hydrogens is 160 g/mol. The SMILES string of the molecule is NC(=S)Cn1ccccc1=O. The maximum absolute atomic E-state index is 11.0. The molecule has 0 aliphatic rings. The lowest BCUT2D eigenvalue weighted by atomic mass is 10.4. The standard InChI is InChI=1S/C7H8N2OS/c8-6(11)5-9-4-2-1-3-7(9)10/h1-4H,5H2,(H2,8,11). The molecule has 11 heavy (non-hydrogen) atoms. The van der Waals surface area contributed by atoms with Gasteiger partial charge in [-0.15, -0.1) is 0 Å². The van der Waals surface area contributed by atoms with Gasteiger partial charge in [0.25, 0.3) is 5.56 Å². The third-order valence-electron chi connectivity index (χ3n) is 1.23. The Morgan fingerprint density at radius 2 is 2.36 bits per heavy atom. The van der Waals surface area contributed by atoms with Gasteiger partial charge in [0.1, 0.15) is 0 Å². The van der Waals surface area contributed by atoms with Crippen LogP contribution in [0.3, 0.4) is 0 Å². The van der Waals surface area contributed by atoms with Gasteiger partial charge < -0.3 is 10.3 Å². The van der Waals surface area contributed by atoms with Crippen LogP contribution in [0.2, 0.25) is 0 Å². The van der Waals surface area contributed by atoms with Gasteiger partial charge in [0.05, 0.1) is 11.5 Å². The van der Waals surface area contributed by atoms with E-state index in [9.17, 15) is 4.79 Å². The largest absolute Gasteiger partial charge is 0.392 e. The fourth-order valence-corrected chi connectivity index (χ4v) is 0.898. The van der Waals surface area contributed by atoms with Crippen molar-refractivity contribution in [2.24, 2.45) is 5.73 Å². The number of pyridine rings is 1. The summed E-state index contributed by atoms with van der Waals surface area (Å²) in [6.07, 6.45) is 1.65. The van der Waals surface area contributed by atoms with Crippen molar-refractivity contribution in [1.82, 2.24) is 4.57 Å². The first kappa shape index (κ1) is 7.94. The lowest BCUT2D eigenvalue weighted by Crippen LogP contribution is -2.25. The number of thiocarbonyl (C=S) groups is 1. The van der Waals surface area contributed by atoms with Gasteiger partial charge in [-0.25, -0.2) is 0 Å². The fraction of sp³-hybridized carbons (Fsp3) is 0.143. The molecule has 2 N–H and O–H groups in total. The average Bonchev–Trinajstić information content (AvgIpc) is 1.93. The molecule has 0 fully saturated rings. The Hall–Kier alpha value is -1.16. The lowest BCUT2D eigenvalue weighted by molar-refractivity contribution is 0.808. The molecule has 0 amide bonds. The first-order valence-electron chi connectivity index (χ1n) is 3.14. The number of hydrogen-bond donors (Lipinski definition) is 1. The topological polar surface area (TPSA) is 48.0 Å². The summed E-state index contributed by atoms with van der Waals surface area (Å²) in [4.78, 5) is 11.3. The molecule has 1 rings (SSSR count). The zero-order valence-electron chi connectivity index (χ0n) is 5.86. The second kappa shape index (κ2) is 3.30. The normalized spacial score (nSPS) is 9.45. The summed E-state index contributed by atoms with van der Waals surface area (Å²) < 4.78 is 1.46. The minimum Gasteiger partial charge on any atom is -0.392 e. The van der Waals surface area contributed by atoms with Crippen LogP contribution in [0, 0.1) is 0 Å². The van der Waals surface area contributed by atoms with Crippen LogP contribution in [-0.4, -0.2) is 9.56 Å². The van der Waals surface area contributed by atoms with Crippen LogP contribution in [0.4, 0.5) is 0 Å². The molecule has 0 aliphatic carbocycles. The van der Waals surface area contributed by atoms with Gasteiger partial charge in [-0.05, 0) is 6.07 Å². The Labute approximate surface area is 69.5 Å². The summed E-state index contributed by atoms with van der Waals surface area (Å²) >= 11 is 4.66. The van der Waals surface area contributed by atoms with Gasteiger partial charge in [0.2, 0.25) is 0 Å². The van der Waals surface area contributed by atoms with Gasteiger partial charge in [0.15, 0.2) is 0 Å². The average molecular weight is 168 g/mol. The quantitative estimate of drug-likeness (QED) is 0.639. The van der Waals surface area contributed by atoms with Gasteiger partial charge in [-0.2, -0.15) is 0 Å². The van der Waals surface area contributed by atoms with Crippen LogP contribution < -0.4 is 11.3 Å². The maximum atomic E-state index is 11.0. The van der Waals surface area contributed by atoms with Gasteiger partial charge in [-0.1, -0.05) is 18.3 Å². The molecule has 0 radical (unpaired) electrons. The molecule has 58 valence electrons. The van der Waals surface area contributed by atoms with Crippen molar-refractivity contribution in [3.05, 3.63) is 34.7 Å². The predicted octanol–water partition coefficient (Wildman–Crippen LogP) is 0.134. The zero-order valence-corrected chi connectivity index (χ0v) is 6.67. The molecule has 1 heterocycles. The molecule has 0 unspecified atom stereocenters. The minimum atomic E-state index is -0.0831. The van der Waals surface area contributed by atoms with Crippen molar-refractivity contribution < 1.29 is 0 Å². The lowest BCUT2D eigenvalue weighted by Gasteiger charge is -2.00. The highest BCUT2D eigenvalue weighted by Gasteiger charge is 1.93. The summed E-state index contributed by atoms with van der Waals surface area (Å²) in [5, 5.41) is 0. The molecule has 0 atom stereocenters. The van der Waals surface area contributed by atoms with Crippen LogP contribution >= 0.6 is 12.2 Å². The Morgan fingerprint density at radius 3 is 2.91 bits per heavy atom. The molecule has 4 heteroatoms. The third-order valence-corrected chi connectivity index (χ3v) is 1.35. The zero-order chi connectivity index (χ0) is 8.27. The van der Waals surface area contributed by atoms with Gasteiger partial charge in [0, 0.05) is 12.3 Å². The first-order valence-corrected chi connectivity index (χ1v) is 3.55. The summed E-state index contributed by atoms with van der Waals surface area (Å²) in [5.74, 6) is 0. The Morgan fingerprint density at radius 1 is 1.64 bits per heavy atom. The van der Waals surface area contributed by atoms with Gasteiger partial charge in [-0.3, -0.25) is 4.79 Å². The molecule has 0 spiro atoms. The molecule has 0 aromatic carbocycles. The van der Waals surface area contributed by atoms with Crippen LogP contribution in [0.5, 0.6) is 0 Å². The van der Waals surface area contributed by atoms with Crippen LogP contribution in [0.15, 0.2) is 29.2 Å². The van der Waals surface area contributed by atoms with Crippen molar-refractivity contribution in [1.29, 1.82) is 0 Å². The minimum absolute atomic E-state index is 0.0831. The third kappa shape index (κ3) is 2.16. The molecule has 0 saturated heterocycles. The molecule has 3 nitrogen and oxygen atoms in total. The number of nitrogens with zero attached hydrogens (tertiary/aromatic N) is 1. The van der Waals surface area contributed by atoms with E-state index in [1.807, 2.05) is 0 Å². The van der Waals surface area contributed by atoms with Crippen molar-refractivity contribution in [2.45, 2.75) is 6.54 Å². The summed E-state index contributed by atoms with van der Waals surface area (Å²) in [6, 6.07) is 4.91. The summed E-state index contributed by atoms with van der Waals surface area (Å²) in [7, 11) is 0. The van der Waals surface area contributed by atoms with E-state index in [-0.39, 0.29) is 5.56 Å². The van der Waals surface area contributed by atoms with E-state index >= 15 is 0 Å². The molecule has 1 aromatic rings. The van der Waals surface area contributed by atoms with Crippen molar-refractivity contribution in [2.75, 3.05) is 0 Å². The van der Waals surface area contributed by atoms with Crippen molar-refractivity contribution >= 4 is 17.2 Å². The highest BCUT2D eigenvalue weighted by molar-refractivity contribution is 7.80. The number of rotatable bonds is 2. The van der Waals surface area contributed by atoms with E-state index in [1.54, 1.807) is 18.3 Å². The highest BCUT2D eigenvalue weighted by Crippen LogP contribution is 1.81. The molecule has 0 aliphatic heterocycles. The van der Waals surface area contributed by atoms with E-state index < -0.39 is 0 Å². The van der Waals surface area contributed by atoms with Crippen LogP contribution in [0.25, 0.3) is 0 Å². The van der Waals surface area contributed by atoms with Crippen molar-refractivity contribution in [3.63, 3.8) is 0 Å². The highest BCUT2D eigenvalue weighted by atomic mass is 32.1. The second-order valence-corrected chi connectivity index (χ2v) is 2.66. The predicted molar refractivity (Wildman–Crippen MR) is 47.5 cm³/mol. The van der Waals surface area contributed by atoms with E-state index in [0.29, 0.717) is 11.5 Å². The first-order chi connectivity index (χ1) is 5.20. The maximum Gasteiger partial charge on any atom is 0.250 e. The van der Waals surface area contributed by atoms with E-state index in [4.69, 9.17) is 5.73 Å². The van der Waals surface area contributed by atoms with Crippen molar-refractivity contribution in [3.8, 4) is 0 Å².